The number of hydrogen-bond donors (Lipinski definition) is 1. The molecule has 1 heterocycles. The van der Waals surface area contributed by atoms with Crippen LogP contribution in [0.5, 0.6) is 0 Å². The average Bonchev–Trinajstić information content (AvgIpc) is 2.90. The summed E-state index contributed by atoms with van der Waals surface area (Å²) in [6, 6.07) is 5.99. The molecule has 1 fully saturated rings. The van der Waals surface area contributed by atoms with Crippen molar-refractivity contribution in [2.75, 3.05) is 0 Å². The molecule has 0 unspecified atom stereocenters. The van der Waals surface area contributed by atoms with Gasteiger partial charge in [0.25, 0.3) is 0 Å². The molecule has 0 saturated heterocycles. The molecule has 3 nitrogen and oxygen atoms in total. The molecule has 1 saturated carbocycles. The summed E-state index contributed by atoms with van der Waals surface area (Å²) in [4.78, 5) is 4.46. The maximum Gasteiger partial charge on any atom is 0.141 e. The third-order valence-electron chi connectivity index (χ3n) is 4.19. The molecule has 0 bridgehead atoms. The van der Waals surface area contributed by atoms with E-state index >= 15 is 0 Å². The summed E-state index contributed by atoms with van der Waals surface area (Å²) in [6.07, 6.45) is 8.50. The Kier molecular flexibility index (Phi) is 4.53. The monoisotopic (exact) mass is 323 g/mol. The van der Waals surface area contributed by atoms with Crippen LogP contribution in [0.1, 0.15) is 25.7 Å². The van der Waals surface area contributed by atoms with E-state index in [9.17, 15) is 0 Å². The van der Waals surface area contributed by atoms with Gasteiger partial charge in [0, 0.05) is 30.5 Å². The van der Waals surface area contributed by atoms with Gasteiger partial charge in [0.15, 0.2) is 0 Å². The summed E-state index contributed by atoms with van der Waals surface area (Å²) in [6.45, 7) is 0.936. The second-order valence-electron chi connectivity index (χ2n) is 5.80. The van der Waals surface area contributed by atoms with Crippen LogP contribution in [0.3, 0.4) is 0 Å². The Bertz CT molecular complexity index is 624. The van der Waals surface area contributed by atoms with Crippen molar-refractivity contribution < 1.29 is 0 Å². The predicted octanol–water partition coefficient (Wildman–Crippen LogP) is 4.37. The van der Waals surface area contributed by atoms with Crippen LogP contribution in [-0.2, 0) is 6.54 Å². The lowest BCUT2D eigenvalue weighted by atomic mass is 9.86. The standard InChI is InChI=1S/C16H19Cl2N3/c17-14-6-2-5-13(15(14)18)16-20-7-8-21(16)10-11-3-1-4-12(19)9-11/h2,5-8,11-12H,1,3-4,9-10,19H2/t11-,12+/m0/s1. The molecular formula is C16H19Cl2N3. The summed E-state index contributed by atoms with van der Waals surface area (Å²) < 4.78 is 2.17. The number of halogens is 2. The molecular weight excluding hydrogens is 305 g/mol. The fraction of sp³-hybridized carbons (Fsp3) is 0.438. The van der Waals surface area contributed by atoms with Gasteiger partial charge in [0.2, 0.25) is 0 Å². The van der Waals surface area contributed by atoms with Crippen LogP contribution in [-0.4, -0.2) is 15.6 Å². The topological polar surface area (TPSA) is 43.8 Å². The van der Waals surface area contributed by atoms with E-state index in [1.807, 2.05) is 24.5 Å². The first-order valence-electron chi connectivity index (χ1n) is 7.36. The van der Waals surface area contributed by atoms with Gasteiger partial charge in [-0.2, -0.15) is 0 Å². The largest absolute Gasteiger partial charge is 0.331 e. The lowest BCUT2D eigenvalue weighted by Crippen LogP contribution is -2.29. The summed E-state index contributed by atoms with van der Waals surface area (Å²) in [5.41, 5.74) is 6.97. The highest BCUT2D eigenvalue weighted by Gasteiger charge is 2.21. The van der Waals surface area contributed by atoms with Crippen molar-refractivity contribution in [1.82, 2.24) is 9.55 Å². The van der Waals surface area contributed by atoms with Gasteiger partial charge in [-0.25, -0.2) is 4.98 Å². The second-order valence-corrected chi connectivity index (χ2v) is 6.58. The van der Waals surface area contributed by atoms with Gasteiger partial charge >= 0.3 is 0 Å². The van der Waals surface area contributed by atoms with Crippen LogP contribution < -0.4 is 5.73 Å². The van der Waals surface area contributed by atoms with Crippen molar-refractivity contribution in [3.8, 4) is 11.4 Å². The molecule has 2 atom stereocenters. The Hall–Kier alpha value is -1.03. The van der Waals surface area contributed by atoms with Gasteiger partial charge in [0.05, 0.1) is 10.0 Å². The van der Waals surface area contributed by atoms with E-state index in [1.165, 1.54) is 12.8 Å². The highest BCUT2D eigenvalue weighted by Crippen LogP contribution is 2.33. The number of benzene rings is 1. The Morgan fingerprint density at radius 3 is 2.95 bits per heavy atom. The number of nitrogens with two attached hydrogens (primary N) is 1. The van der Waals surface area contributed by atoms with Crippen molar-refractivity contribution in [2.24, 2.45) is 11.7 Å². The van der Waals surface area contributed by atoms with Gasteiger partial charge in [0.1, 0.15) is 5.82 Å². The molecule has 1 aromatic heterocycles. The normalized spacial score (nSPS) is 22.4. The van der Waals surface area contributed by atoms with Gasteiger partial charge in [-0.15, -0.1) is 0 Å². The van der Waals surface area contributed by atoms with E-state index in [0.717, 1.165) is 30.8 Å². The van der Waals surface area contributed by atoms with Crippen molar-refractivity contribution in [3.63, 3.8) is 0 Å². The molecule has 0 spiro atoms. The van der Waals surface area contributed by atoms with Crippen molar-refractivity contribution >= 4 is 23.2 Å². The second kappa shape index (κ2) is 6.39. The zero-order valence-electron chi connectivity index (χ0n) is 11.8. The zero-order valence-corrected chi connectivity index (χ0v) is 13.3. The molecule has 3 rings (SSSR count). The van der Waals surface area contributed by atoms with E-state index < -0.39 is 0 Å². The first kappa shape index (κ1) is 14.9. The number of rotatable bonds is 3. The van der Waals surface area contributed by atoms with Crippen LogP contribution in [0.4, 0.5) is 0 Å². The highest BCUT2D eigenvalue weighted by molar-refractivity contribution is 6.43. The van der Waals surface area contributed by atoms with Gasteiger partial charge in [-0.3, -0.25) is 0 Å². The maximum absolute atomic E-state index is 6.32. The van der Waals surface area contributed by atoms with Crippen molar-refractivity contribution in [2.45, 2.75) is 38.3 Å². The minimum atomic E-state index is 0.338. The molecule has 0 amide bonds. The quantitative estimate of drug-likeness (QED) is 0.911. The minimum absolute atomic E-state index is 0.338. The molecule has 0 radical (unpaired) electrons. The van der Waals surface area contributed by atoms with E-state index in [1.54, 1.807) is 6.07 Å². The SMILES string of the molecule is N[C@@H]1CCC[C@H](Cn2ccnc2-c2cccc(Cl)c2Cl)C1. The maximum atomic E-state index is 6.32. The number of hydrogen-bond acceptors (Lipinski definition) is 2. The summed E-state index contributed by atoms with van der Waals surface area (Å²) >= 11 is 12.4. The number of imidazole rings is 1. The molecule has 1 aliphatic carbocycles. The highest BCUT2D eigenvalue weighted by atomic mass is 35.5. The molecule has 2 N–H and O–H groups in total. The molecule has 5 heteroatoms. The van der Waals surface area contributed by atoms with Gasteiger partial charge < -0.3 is 10.3 Å². The fourth-order valence-electron chi connectivity index (χ4n) is 3.15. The first-order chi connectivity index (χ1) is 10.1. The molecule has 21 heavy (non-hydrogen) atoms. The van der Waals surface area contributed by atoms with Gasteiger partial charge in [-0.1, -0.05) is 35.7 Å². The van der Waals surface area contributed by atoms with Crippen LogP contribution in [0, 0.1) is 5.92 Å². The smallest absolute Gasteiger partial charge is 0.141 e. The lowest BCUT2D eigenvalue weighted by Gasteiger charge is -2.27. The van der Waals surface area contributed by atoms with Crippen LogP contribution in [0.25, 0.3) is 11.4 Å². The third kappa shape index (κ3) is 3.25. The predicted molar refractivity (Wildman–Crippen MR) is 87.6 cm³/mol. The first-order valence-corrected chi connectivity index (χ1v) is 8.12. The minimum Gasteiger partial charge on any atom is -0.331 e. The lowest BCUT2D eigenvalue weighted by molar-refractivity contribution is 0.291. The van der Waals surface area contributed by atoms with E-state index in [0.29, 0.717) is 22.0 Å². The van der Waals surface area contributed by atoms with E-state index in [4.69, 9.17) is 28.9 Å². The third-order valence-corrected chi connectivity index (χ3v) is 5.01. The van der Waals surface area contributed by atoms with Crippen molar-refractivity contribution in [3.05, 3.63) is 40.6 Å². The molecule has 1 aliphatic rings. The summed E-state index contributed by atoms with van der Waals surface area (Å²) in [5.74, 6) is 1.49. The number of aromatic nitrogens is 2. The summed E-state index contributed by atoms with van der Waals surface area (Å²) in [7, 11) is 0. The Morgan fingerprint density at radius 2 is 2.14 bits per heavy atom. The van der Waals surface area contributed by atoms with E-state index in [2.05, 4.69) is 9.55 Å². The zero-order chi connectivity index (χ0) is 14.8. The Labute approximate surface area is 135 Å². The van der Waals surface area contributed by atoms with E-state index in [-0.39, 0.29) is 0 Å². The van der Waals surface area contributed by atoms with Crippen LogP contribution in [0.15, 0.2) is 30.6 Å². The Morgan fingerprint density at radius 1 is 1.29 bits per heavy atom. The average molecular weight is 324 g/mol. The fourth-order valence-corrected chi connectivity index (χ4v) is 3.54. The molecule has 112 valence electrons. The molecule has 1 aromatic carbocycles. The molecule has 0 aliphatic heterocycles. The molecule has 2 aromatic rings. The van der Waals surface area contributed by atoms with Crippen LogP contribution in [0.2, 0.25) is 10.0 Å². The number of nitrogens with zero attached hydrogens (tertiary/aromatic N) is 2. The van der Waals surface area contributed by atoms with Gasteiger partial charge in [-0.05, 0) is 37.3 Å². The summed E-state index contributed by atoms with van der Waals surface area (Å²) in [5, 5.41) is 1.12. The van der Waals surface area contributed by atoms with Crippen molar-refractivity contribution in [1.29, 1.82) is 0 Å². The Balaban J connectivity index is 1.85. The van der Waals surface area contributed by atoms with Crippen LogP contribution >= 0.6 is 23.2 Å².